The van der Waals surface area contributed by atoms with Crippen molar-refractivity contribution in [1.29, 1.82) is 0 Å². The molecule has 0 radical (unpaired) electrons. The van der Waals surface area contributed by atoms with Crippen LogP contribution in [-0.2, 0) is 9.59 Å². The van der Waals surface area contributed by atoms with Gasteiger partial charge in [-0.25, -0.2) is 0 Å². The molecule has 1 saturated carbocycles. The minimum atomic E-state index is -0.201. The maximum Gasteiger partial charge on any atom is 0.125 e. The van der Waals surface area contributed by atoms with Crippen molar-refractivity contribution in [3.05, 3.63) is 0 Å². The standard InChI is InChI=1S/C11H18O2/c1-11(2,8-13)10-5-3-9(7-12)4-6-10/h7-10H,3-6H2,1-2H3. The highest BCUT2D eigenvalue weighted by Gasteiger charge is 2.32. The molecule has 0 saturated heterocycles. The zero-order valence-corrected chi connectivity index (χ0v) is 8.45. The molecule has 0 spiro atoms. The Morgan fingerprint density at radius 2 is 1.62 bits per heavy atom. The van der Waals surface area contributed by atoms with E-state index in [4.69, 9.17) is 0 Å². The van der Waals surface area contributed by atoms with E-state index < -0.39 is 0 Å². The van der Waals surface area contributed by atoms with Crippen LogP contribution in [0.5, 0.6) is 0 Å². The Balaban J connectivity index is 2.49. The van der Waals surface area contributed by atoms with Crippen LogP contribution in [0.1, 0.15) is 39.5 Å². The molecule has 0 aromatic carbocycles. The fourth-order valence-electron chi connectivity index (χ4n) is 2.10. The summed E-state index contributed by atoms with van der Waals surface area (Å²) in [4.78, 5) is 21.3. The van der Waals surface area contributed by atoms with Gasteiger partial charge in [-0.2, -0.15) is 0 Å². The quantitative estimate of drug-likeness (QED) is 0.627. The monoisotopic (exact) mass is 182 g/mol. The molecule has 1 fully saturated rings. The van der Waals surface area contributed by atoms with Gasteiger partial charge in [-0.05, 0) is 31.6 Å². The van der Waals surface area contributed by atoms with Crippen molar-refractivity contribution in [3.8, 4) is 0 Å². The average Bonchev–Trinajstić information content (AvgIpc) is 2.18. The largest absolute Gasteiger partial charge is 0.303 e. The van der Waals surface area contributed by atoms with Crippen molar-refractivity contribution in [2.45, 2.75) is 39.5 Å². The molecule has 0 N–H and O–H groups in total. The minimum Gasteiger partial charge on any atom is -0.303 e. The molecule has 0 unspecified atom stereocenters. The number of rotatable bonds is 3. The smallest absolute Gasteiger partial charge is 0.125 e. The van der Waals surface area contributed by atoms with Crippen LogP contribution in [0.3, 0.4) is 0 Å². The summed E-state index contributed by atoms with van der Waals surface area (Å²) in [6.07, 6.45) is 6.09. The molecule has 0 bridgehead atoms. The SMILES string of the molecule is CC(C)(C=O)C1CCC(C=O)CC1. The molecule has 0 amide bonds. The van der Waals surface area contributed by atoms with Crippen LogP contribution >= 0.6 is 0 Å². The Morgan fingerprint density at radius 1 is 1.08 bits per heavy atom. The van der Waals surface area contributed by atoms with E-state index in [-0.39, 0.29) is 11.3 Å². The predicted molar refractivity (Wildman–Crippen MR) is 51.4 cm³/mol. The second-order valence-electron chi connectivity index (χ2n) is 4.69. The molecule has 1 rings (SSSR count). The van der Waals surface area contributed by atoms with E-state index in [1.807, 2.05) is 13.8 Å². The zero-order chi connectivity index (χ0) is 9.90. The number of aldehydes is 2. The van der Waals surface area contributed by atoms with Crippen molar-refractivity contribution in [3.63, 3.8) is 0 Å². The molecular weight excluding hydrogens is 164 g/mol. The molecule has 13 heavy (non-hydrogen) atoms. The molecule has 0 atom stereocenters. The van der Waals surface area contributed by atoms with Crippen LogP contribution in [0.15, 0.2) is 0 Å². The normalized spacial score (nSPS) is 29.7. The highest BCUT2D eigenvalue weighted by atomic mass is 16.1. The lowest BCUT2D eigenvalue weighted by atomic mass is 9.70. The number of carbonyl (C=O) groups excluding carboxylic acids is 2. The number of hydrogen-bond acceptors (Lipinski definition) is 2. The first kappa shape index (κ1) is 10.4. The highest BCUT2D eigenvalue weighted by Crippen LogP contribution is 2.38. The third kappa shape index (κ3) is 2.39. The van der Waals surface area contributed by atoms with Crippen molar-refractivity contribution in [2.24, 2.45) is 17.3 Å². The summed E-state index contributed by atoms with van der Waals surface area (Å²) in [6, 6.07) is 0. The van der Waals surface area contributed by atoms with Gasteiger partial charge in [0.1, 0.15) is 12.6 Å². The van der Waals surface area contributed by atoms with Gasteiger partial charge in [0.25, 0.3) is 0 Å². The molecule has 1 aliphatic carbocycles. The third-order valence-corrected chi connectivity index (χ3v) is 3.32. The topological polar surface area (TPSA) is 34.1 Å². The fourth-order valence-corrected chi connectivity index (χ4v) is 2.10. The Kier molecular flexibility index (Phi) is 3.23. The predicted octanol–water partition coefficient (Wildman–Crippen LogP) is 2.22. The third-order valence-electron chi connectivity index (χ3n) is 3.32. The van der Waals surface area contributed by atoms with Gasteiger partial charge in [-0.15, -0.1) is 0 Å². The molecule has 74 valence electrons. The molecule has 0 aliphatic heterocycles. The van der Waals surface area contributed by atoms with Crippen molar-refractivity contribution < 1.29 is 9.59 Å². The van der Waals surface area contributed by atoms with Crippen LogP contribution in [0, 0.1) is 17.3 Å². The van der Waals surface area contributed by atoms with E-state index in [0.29, 0.717) is 5.92 Å². The Morgan fingerprint density at radius 3 is 2.00 bits per heavy atom. The summed E-state index contributed by atoms with van der Waals surface area (Å²) < 4.78 is 0. The summed E-state index contributed by atoms with van der Waals surface area (Å²) in [5.74, 6) is 0.722. The van der Waals surface area contributed by atoms with E-state index in [1.54, 1.807) is 0 Å². The maximum absolute atomic E-state index is 10.8. The van der Waals surface area contributed by atoms with Crippen molar-refractivity contribution in [2.75, 3.05) is 0 Å². The molecule has 2 nitrogen and oxygen atoms in total. The van der Waals surface area contributed by atoms with Gasteiger partial charge >= 0.3 is 0 Å². The lowest BCUT2D eigenvalue weighted by Crippen LogP contribution is -2.29. The minimum absolute atomic E-state index is 0.201. The molecule has 2 heteroatoms. The molecule has 1 aliphatic rings. The van der Waals surface area contributed by atoms with Gasteiger partial charge in [0.05, 0.1) is 0 Å². The van der Waals surface area contributed by atoms with Gasteiger partial charge in [0.2, 0.25) is 0 Å². The Labute approximate surface area is 79.7 Å². The second-order valence-corrected chi connectivity index (χ2v) is 4.69. The van der Waals surface area contributed by atoms with Gasteiger partial charge in [-0.3, -0.25) is 0 Å². The average molecular weight is 182 g/mol. The van der Waals surface area contributed by atoms with Crippen LogP contribution in [-0.4, -0.2) is 12.6 Å². The zero-order valence-electron chi connectivity index (χ0n) is 8.45. The molecule has 0 heterocycles. The van der Waals surface area contributed by atoms with E-state index in [2.05, 4.69) is 0 Å². The van der Waals surface area contributed by atoms with Crippen LogP contribution in [0.4, 0.5) is 0 Å². The molecule has 0 aromatic heterocycles. The van der Waals surface area contributed by atoms with Gasteiger partial charge in [0.15, 0.2) is 0 Å². The number of carbonyl (C=O) groups is 2. The van der Waals surface area contributed by atoms with E-state index in [9.17, 15) is 9.59 Å². The van der Waals surface area contributed by atoms with Crippen molar-refractivity contribution >= 4 is 12.6 Å². The summed E-state index contributed by atoms with van der Waals surface area (Å²) in [5, 5.41) is 0. The van der Waals surface area contributed by atoms with Gasteiger partial charge < -0.3 is 9.59 Å². The first-order valence-corrected chi connectivity index (χ1v) is 5.02. The van der Waals surface area contributed by atoms with Crippen LogP contribution < -0.4 is 0 Å². The maximum atomic E-state index is 10.8. The van der Waals surface area contributed by atoms with Crippen LogP contribution in [0.25, 0.3) is 0 Å². The van der Waals surface area contributed by atoms with Gasteiger partial charge in [0, 0.05) is 11.3 Å². The Bertz CT molecular complexity index is 188. The summed E-state index contributed by atoms with van der Waals surface area (Å²) >= 11 is 0. The summed E-state index contributed by atoms with van der Waals surface area (Å²) in [5.41, 5.74) is -0.201. The van der Waals surface area contributed by atoms with Gasteiger partial charge in [-0.1, -0.05) is 13.8 Å². The first-order chi connectivity index (χ1) is 6.10. The molecule has 0 aromatic rings. The lowest BCUT2D eigenvalue weighted by Gasteiger charge is -2.34. The number of hydrogen-bond donors (Lipinski definition) is 0. The van der Waals surface area contributed by atoms with E-state index in [1.165, 1.54) is 0 Å². The van der Waals surface area contributed by atoms with Crippen molar-refractivity contribution in [1.82, 2.24) is 0 Å². The lowest BCUT2D eigenvalue weighted by molar-refractivity contribution is -0.118. The summed E-state index contributed by atoms with van der Waals surface area (Å²) in [7, 11) is 0. The van der Waals surface area contributed by atoms with E-state index >= 15 is 0 Å². The summed E-state index contributed by atoms with van der Waals surface area (Å²) in [6.45, 7) is 3.98. The fraction of sp³-hybridized carbons (Fsp3) is 0.818. The Hall–Kier alpha value is -0.660. The second kappa shape index (κ2) is 4.03. The van der Waals surface area contributed by atoms with Crippen LogP contribution in [0.2, 0.25) is 0 Å². The highest BCUT2D eigenvalue weighted by molar-refractivity contribution is 5.59. The van der Waals surface area contributed by atoms with E-state index in [0.717, 1.165) is 38.3 Å². The first-order valence-electron chi connectivity index (χ1n) is 5.02. The molecular formula is C11H18O2.